The molecule has 0 N–H and O–H groups in total. The highest BCUT2D eigenvalue weighted by atomic mass is 16.2. The van der Waals surface area contributed by atoms with E-state index < -0.39 is 0 Å². The average molecular weight is 225 g/mol. The van der Waals surface area contributed by atoms with E-state index in [1.165, 1.54) is 0 Å². The number of anilines is 1. The summed E-state index contributed by atoms with van der Waals surface area (Å²) >= 11 is 0. The number of hydrogen-bond donors (Lipinski definition) is 0. The van der Waals surface area contributed by atoms with E-state index in [1.54, 1.807) is 18.9 Å². The summed E-state index contributed by atoms with van der Waals surface area (Å²) in [6.45, 7) is 1.57. The summed E-state index contributed by atoms with van der Waals surface area (Å²) in [5.74, 6) is 0.0355. The van der Waals surface area contributed by atoms with E-state index in [4.69, 9.17) is 0 Å². The Morgan fingerprint density at radius 1 is 0.941 bits per heavy atom. The van der Waals surface area contributed by atoms with Gasteiger partial charge in [0.1, 0.15) is 0 Å². The highest BCUT2D eigenvalue weighted by Gasteiger charge is 2.10. The monoisotopic (exact) mass is 225 g/mol. The Bertz CT molecular complexity index is 519. The maximum Gasteiger partial charge on any atom is 0.223 e. The normalized spacial score (nSPS) is 10.0. The van der Waals surface area contributed by atoms with Crippen molar-refractivity contribution in [3.8, 4) is 11.1 Å². The molecule has 2 aromatic rings. The molecule has 0 atom stereocenters. The Hall–Kier alpha value is -2.09. The summed E-state index contributed by atoms with van der Waals surface area (Å²) in [4.78, 5) is 13.1. The van der Waals surface area contributed by atoms with Crippen molar-refractivity contribution in [1.29, 1.82) is 0 Å². The number of nitrogens with zero attached hydrogens (tertiary/aromatic N) is 1. The Balaban J connectivity index is 2.52. The number of carbonyl (C=O) groups is 1. The van der Waals surface area contributed by atoms with Crippen LogP contribution in [0.1, 0.15) is 6.92 Å². The van der Waals surface area contributed by atoms with Gasteiger partial charge in [0, 0.05) is 19.5 Å². The number of carbonyl (C=O) groups excluding carboxylic acids is 1. The van der Waals surface area contributed by atoms with Crippen LogP contribution in [0.4, 0.5) is 5.69 Å². The van der Waals surface area contributed by atoms with E-state index in [0.29, 0.717) is 0 Å². The number of benzene rings is 2. The maximum atomic E-state index is 11.5. The molecule has 2 nitrogen and oxygen atoms in total. The lowest BCUT2D eigenvalue weighted by Gasteiger charge is -2.19. The first-order valence-electron chi connectivity index (χ1n) is 5.59. The smallest absolute Gasteiger partial charge is 0.223 e. The number of hydrogen-bond acceptors (Lipinski definition) is 1. The first kappa shape index (κ1) is 11.4. The van der Waals surface area contributed by atoms with E-state index >= 15 is 0 Å². The third-order valence-electron chi connectivity index (χ3n) is 2.82. The Morgan fingerprint density at radius 2 is 1.53 bits per heavy atom. The molecule has 0 aliphatic rings. The van der Waals surface area contributed by atoms with E-state index in [0.717, 1.165) is 16.8 Å². The number of para-hydroxylation sites is 1. The summed E-state index contributed by atoms with van der Waals surface area (Å²) < 4.78 is 0. The van der Waals surface area contributed by atoms with E-state index in [-0.39, 0.29) is 5.91 Å². The molecule has 86 valence electrons. The second-order valence-corrected chi connectivity index (χ2v) is 3.96. The zero-order valence-electron chi connectivity index (χ0n) is 10.1. The van der Waals surface area contributed by atoms with Crippen LogP contribution in [-0.2, 0) is 4.79 Å². The summed E-state index contributed by atoms with van der Waals surface area (Å²) in [5, 5.41) is 0. The van der Waals surface area contributed by atoms with Gasteiger partial charge in [0.05, 0.1) is 5.69 Å². The first-order valence-corrected chi connectivity index (χ1v) is 5.59. The summed E-state index contributed by atoms with van der Waals surface area (Å²) in [5.41, 5.74) is 3.13. The minimum atomic E-state index is 0.0355. The van der Waals surface area contributed by atoms with Gasteiger partial charge in [-0.2, -0.15) is 0 Å². The van der Waals surface area contributed by atoms with Crippen molar-refractivity contribution in [2.24, 2.45) is 0 Å². The lowest BCUT2D eigenvalue weighted by molar-refractivity contribution is -0.116. The van der Waals surface area contributed by atoms with Crippen molar-refractivity contribution in [3.05, 3.63) is 54.6 Å². The zero-order chi connectivity index (χ0) is 12.3. The number of amides is 1. The molecule has 17 heavy (non-hydrogen) atoms. The van der Waals surface area contributed by atoms with Gasteiger partial charge in [-0.15, -0.1) is 0 Å². The fraction of sp³-hybridized carbons (Fsp3) is 0.133. The minimum absolute atomic E-state index is 0.0355. The van der Waals surface area contributed by atoms with Crippen LogP contribution in [0.2, 0.25) is 0 Å². The molecule has 0 spiro atoms. The van der Waals surface area contributed by atoms with Crippen molar-refractivity contribution >= 4 is 11.6 Å². The van der Waals surface area contributed by atoms with Crippen LogP contribution in [0.5, 0.6) is 0 Å². The SMILES string of the molecule is CC(=O)N(C)c1ccccc1-c1ccccc1. The van der Waals surface area contributed by atoms with Crippen LogP contribution in [-0.4, -0.2) is 13.0 Å². The van der Waals surface area contributed by atoms with Gasteiger partial charge < -0.3 is 4.90 Å². The summed E-state index contributed by atoms with van der Waals surface area (Å²) in [6, 6.07) is 18.0. The molecular weight excluding hydrogens is 210 g/mol. The largest absolute Gasteiger partial charge is 0.315 e. The van der Waals surface area contributed by atoms with E-state index in [2.05, 4.69) is 0 Å². The fourth-order valence-corrected chi connectivity index (χ4v) is 1.80. The molecule has 2 heteroatoms. The summed E-state index contributed by atoms with van der Waals surface area (Å²) in [6.07, 6.45) is 0. The van der Waals surface area contributed by atoms with Crippen LogP contribution in [0.3, 0.4) is 0 Å². The van der Waals surface area contributed by atoms with Gasteiger partial charge in [-0.1, -0.05) is 48.5 Å². The average Bonchev–Trinajstić information content (AvgIpc) is 2.39. The molecule has 2 rings (SSSR count). The molecule has 0 saturated carbocycles. The van der Waals surface area contributed by atoms with Gasteiger partial charge >= 0.3 is 0 Å². The molecule has 0 heterocycles. The molecule has 0 aromatic heterocycles. The van der Waals surface area contributed by atoms with Crippen molar-refractivity contribution in [1.82, 2.24) is 0 Å². The van der Waals surface area contributed by atoms with Crippen LogP contribution < -0.4 is 4.90 Å². The molecule has 0 radical (unpaired) electrons. The standard InChI is InChI=1S/C15H15NO/c1-12(17)16(2)15-11-7-6-10-14(15)13-8-4-3-5-9-13/h3-11H,1-2H3. The second-order valence-electron chi connectivity index (χ2n) is 3.96. The first-order chi connectivity index (χ1) is 8.20. The molecule has 0 saturated heterocycles. The predicted octanol–water partition coefficient (Wildman–Crippen LogP) is 3.34. The van der Waals surface area contributed by atoms with E-state index in [9.17, 15) is 4.79 Å². The molecule has 2 aromatic carbocycles. The third kappa shape index (κ3) is 2.36. The van der Waals surface area contributed by atoms with Gasteiger partial charge in [-0.3, -0.25) is 4.79 Å². The fourth-order valence-electron chi connectivity index (χ4n) is 1.80. The molecule has 0 aliphatic heterocycles. The Kier molecular flexibility index (Phi) is 3.24. The zero-order valence-corrected chi connectivity index (χ0v) is 10.1. The van der Waals surface area contributed by atoms with Crippen molar-refractivity contribution in [3.63, 3.8) is 0 Å². The van der Waals surface area contributed by atoms with Gasteiger partial charge in [0.2, 0.25) is 5.91 Å². The lowest BCUT2D eigenvalue weighted by Crippen LogP contribution is -2.23. The summed E-state index contributed by atoms with van der Waals surface area (Å²) in [7, 11) is 1.80. The Morgan fingerprint density at radius 3 is 2.18 bits per heavy atom. The van der Waals surface area contributed by atoms with Gasteiger partial charge in [0.15, 0.2) is 0 Å². The second kappa shape index (κ2) is 4.83. The van der Waals surface area contributed by atoms with Crippen LogP contribution in [0.25, 0.3) is 11.1 Å². The molecule has 1 amide bonds. The molecule has 0 fully saturated rings. The third-order valence-corrected chi connectivity index (χ3v) is 2.82. The molecular formula is C15H15NO. The van der Waals surface area contributed by atoms with Crippen LogP contribution in [0.15, 0.2) is 54.6 Å². The topological polar surface area (TPSA) is 20.3 Å². The highest BCUT2D eigenvalue weighted by Crippen LogP contribution is 2.29. The molecule has 0 aliphatic carbocycles. The highest BCUT2D eigenvalue weighted by molar-refractivity contribution is 5.95. The van der Waals surface area contributed by atoms with Gasteiger partial charge in [-0.05, 0) is 11.6 Å². The van der Waals surface area contributed by atoms with Crippen molar-refractivity contribution in [2.75, 3.05) is 11.9 Å². The van der Waals surface area contributed by atoms with Crippen LogP contribution in [0, 0.1) is 0 Å². The van der Waals surface area contributed by atoms with Crippen molar-refractivity contribution in [2.45, 2.75) is 6.92 Å². The van der Waals surface area contributed by atoms with Gasteiger partial charge in [0.25, 0.3) is 0 Å². The molecule has 0 bridgehead atoms. The van der Waals surface area contributed by atoms with E-state index in [1.807, 2.05) is 54.6 Å². The minimum Gasteiger partial charge on any atom is -0.315 e. The predicted molar refractivity (Wildman–Crippen MR) is 71.0 cm³/mol. The lowest BCUT2D eigenvalue weighted by atomic mass is 10.0. The Labute approximate surface area is 102 Å². The van der Waals surface area contributed by atoms with Gasteiger partial charge in [-0.25, -0.2) is 0 Å². The maximum absolute atomic E-state index is 11.5. The van der Waals surface area contributed by atoms with Crippen molar-refractivity contribution < 1.29 is 4.79 Å². The number of rotatable bonds is 2. The van der Waals surface area contributed by atoms with Crippen LogP contribution >= 0.6 is 0 Å². The molecule has 0 unspecified atom stereocenters. The quantitative estimate of drug-likeness (QED) is 0.767.